The van der Waals surface area contributed by atoms with Gasteiger partial charge in [-0.3, -0.25) is 9.78 Å². The molecule has 0 bridgehead atoms. The van der Waals surface area contributed by atoms with Crippen LogP contribution in [-0.2, 0) is 0 Å². The lowest BCUT2D eigenvalue weighted by molar-refractivity contribution is 0.0977. The fourth-order valence-corrected chi connectivity index (χ4v) is 3.13. The number of nitrogen functional groups attached to an aromatic ring is 1. The first-order valence-corrected chi connectivity index (χ1v) is 8.46. The summed E-state index contributed by atoms with van der Waals surface area (Å²) >= 11 is 0. The maximum Gasteiger partial charge on any atom is 0.181 e. The summed E-state index contributed by atoms with van der Waals surface area (Å²) in [5.41, 5.74) is 10.6. The Morgan fingerprint density at radius 1 is 1.12 bits per heavy atom. The molecule has 0 amide bonds. The topological polar surface area (TPSA) is 99.1 Å². The van der Waals surface area contributed by atoms with Crippen molar-refractivity contribution in [2.24, 2.45) is 0 Å². The minimum Gasteiger partial charge on any atom is -0.384 e. The number of hydrogen-bond acceptors (Lipinski definition) is 6. The molecule has 26 heavy (non-hydrogen) atoms. The number of aryl methyl sites for hydroxylation is 1. The Morgan fingerprint density at radius 2 is 1.96 bits per heavy atom. The molecule has 0 saturated heterocycles. The number of carbonyl (C=O) groups is 1. The highest BCUT2D eigenvalue weighted by Crippen LogP contribution is 2.30. The molecule has 4 rings (SSSR count). The summed E-state index contributed by atoms with van der Waals surface area (Å²) in [7, 11) is 0. The number of pyridine rings is 3. The molecule has 4 aromatic heterocycles. The molecule has 0 aromatic carbocycles. The Labute approximate surface area is 149 Å². The Kier molecular flexibility index (Phi) is 3.84. The van der Waals surface area contributed by atoms with E-state index in [1.165, 1.54) is 6.33 Å². The highest BCUT2D eigenvalue weighted by Gasteiger charge is 2.15. The standard InChI is InChI=1S/C19H18N6O/c1-3-4-17(26)15-5-11(2)14(9-21-15)13-6-12-8-22-18(20)7-16(12)25-19(13)23-10-24-25/h5-10H,3-4H2,1-2H3,(H2,20,22). The van der Waals surface area contributed by atoms with Gasteiger partial charge in [-0.05, 0) is 31.0 Å². The molecular weight excluding hydrogens is 328 g/mol. The second kappa shape index (κ2) is 6.18. The highest BCUT2D eigenvalue weighted by molar-refractivity contribution is 5.96. The van der Waals surface area contributed by atoms with Crippen LogP contribution in [0, 0.1) is 6.92 Å². The number of Topliss-reactive ketones (excluding diaryl/α,β-unsaturated/α-hetero) is 1. The molecule has 7 heteroatoms. The van der Waals surface area contributed by atoms with E-state index in [9.17, 15) is 4.79 Å². The summed E-state index contributed by atoms with van der Waals surface area (Å²) in [6.07, 6.45) is 6.28. The van der Waals surface area contributed by atoms with Crippen LogP contribution in [0.1, 0.15) is 35.8 Å². The minimum atomic E-state index is 0.0629. The van der Waals surface area contributed by atoms with Crippen molar-refractivity contribution in [3.63, 3.8) is 0 Å². The van der Waals surface area contributed by atoms with Crippen LogP contribution < -0.4 is 5.73 Å². The van der Waals surface area contributed by atoms with Crippen molar-refractivity contribution in [3.8, 4) is 11.1 Å². The summed E-state index contributed by atoms with van der Waals surface area (Å²) in [5.74, 6) is 0.492. The predicted octanol–water partition coefficient (Wildman–Crippen LogP) is 3.21. The van der Waals surface area contributed by atoms with Crippen LogP contribution in [0.4, 0.5) is 5.82 Å². The Balaban J connectivity index is 1.92. The number of anilines is 1. The third-order valence-electron chi connectivity index (χ3n) is 4.41. The quantitative estimate of drug-likeness (QED) is 0.570. The van der Waals surface area contributed by atoms with Gasteiger partial charge >= 0.3 is 0 Å². The van der Waals surface area contributed by atoms with Gasteiger partial charge in [-0.25, -0.2) is 14.5 Å². The lowest BCUT2D eigenvalue weighted by Crippen LogP contribution is -2.03. The van der Waals surface area contributed by atoms with E-state index >= 15 is 0 Å². The zero-order valence-corrected chi connectivity index (χ0v) is 14.6. The van der Waals surface area contributed by atoms with Crippen molar-refractivity contribution in [3.05, 3.63) is 48.2 Å². The number of nitrogens with zero attached hydrogens (tertiary/aromatic N) is 5. The summed E-state index contributed by atoms with van der Waals surface area (Å²) < 4.78 is 1.75. The molecule has 130 valence electrons. The number of rotatable bonds is 4. The van der Waals surface area contributed by atoms with E-state index in [-0.39, 0.29) is 5.78 Å². The van der Waals surface area contributed by atoms with E-state index in [0.29, 0.717) is 23.6 Å². The normalized spacial score (nSPS) is 11.3. The summed E-state index contributed by atoms with van der Waals surface area (Å²) in [5, 5.41) is 5.22. The third-order valence-corrected chi connectivity index (χ3v) is 4.41. The van der Waals surface area contributed by atoms with E-state index in [4.69, 9.17) is 5.73 Å². The molecule has 0 aliphatic carbocycles. The molecule has 0 unspecified atom stereocenters. The molecule has 0 spiro atoms. The molecule has 4 heterocycles. The summed E-state index contributed by atoms with van der Waals surface area (Å²) in [6.45, 7) is 3.95. The molecule has 0 aliphatic rings. The van der Waals surface area contributed by atoms with E-state index in [0.717, 1.165) is 34.0 Å². The Hall–Kier alpha value is -3.35. The zero-order chi connectivity index (χ0) is 18.3. The van der Waals surface area contributed by atoms with Crippen molar-refractivity contribution in [1.29, 1.82) is 0 Å². The number of hydrogen-bond donors (Lipinski definition) is 1. The van der Waals surface area contributed by atoms with E-state index < -0.39 is 0 Å². The number of aromatic nitrogens is 5. The number of fused-ring (bicyclic) bond motifs is 3. The predicted molar refractivity (Wildman–Crippen MR) is 99.9 cm³/mol. The molecule has 4 aromatic rings. The smallest absolute Gasteiger partial charge is 0.181 e. The second-order valence-corrected chi connectivity index (χ2v) is 6.28. The molecule has 0 fully saturated rings. The molecule has 0 radical (unpaired) electrons. The average molecular weight is 346 g/mol. The van der Waals surface area contributed by atoms with E-state index in [2.05, 4.69) is 20.1 Å². The van der Waals surface area contributed by atoms with Crippen LogP contribution in [0.2, 0.25) is 0 Å². The molecule has 0 atom stereocenters. The average Bonchev–Trinajstić information content (AvgIpc) is 3.12. The molecule has 0 aliphatic heterocycles. The number of nitrogens with two attached hydrogens (primary N) is 1. The van der Waals surface area contributed by atoms with Gasteiger partial charge in [-0.2, -0.15) is 5.10 Å². The van der Waals surface area contributed by atoms with Crippen LogP contribution >= 0.6 is 0 Å². The van der Waals surface area contributed by atoms with Crippen molar-refractivity contribution < 1.29 is 4.79 Å². The van der Waals surface area contributed by atoms with Gasteiger partial charge in [0.25, 0.3) is 0 Å². The first-order valence-electron chi connectivity index (χ1n) is 8.46. The fraction of sp³-hybridized carbons (Fsp3) is 0.211. The van der Waals surface area contributed by atoms with Gasteiger partial charge in [0.1, 0.15) is 17.8 Å². The first-order chi connectivity index (χ1) is 12.6. The summed E-state index contributed by atoms with van der Waals surface area (Å²) in [4.78, 5) is 25.1. The van der Waals surface area contributed by atoms with Crippen molar-refractivity contribution in [2.75, 3.05) is 5.73 Å². The van der Waals surface area contributed by atoms with Gasteiger partial charge < -0.3 is 5.73 Å². The molecule has 7 nitrogen and oxygen atoms in total. The molecule has 0 saturated carbocycles. The van der Waals surface area contributed by atoms with E-state index in [1.54, 1.807) is 23.0 Å². The Morgan fingerprint density at radius 3 is 2.73 bits per heavy atom. The van der Waals surface area contributed by atoms with Gasteiger partial charge in [-0.15, -0.1) is 0 Å². The van der Waals surface area contributed by atoms with Crippen molar-refractivity contribution in [1.82, 2.24) is 24.6 Å². The number of carbonyl (C=O) groups excluding carboxylic acids is 1. The van der Waals surface area contributed by atoms with Gasteiger partial charge in [0, 0.05) is 41.4 Å². The van der Waals surface area contributed by atoms with Gasteiger partial charge in [0.15, 0.2) is 11.4 Å². The van der Waals surface area contributed by atoms with Gasteiger partial charge in [-0.1, -0.05) is 6.92 Å². The van der Waals surface area contributed by atoms with Crippen LogP contribution in [0.15, 0.2) is 36.9 Å². The second-order valence-electron chi connectivity index (χ2n) is 6.28. The van der Waals surface area contributed by atoms with Crippen LogP contribution in [-0.4, -0.2) is 30.3 Å². The third kappa shape index (κ3) is 2.57. The molecular formula is C19H18N6O. The maximum absolute atomic E-state index is 12.1. The minimum absolute atomic E-state index is 0.0629. The van der Waals surface area contributed by atoms with Crippen molar-refractivity contribution in [2.45, 2.75) is 26.7 Å². The van der Waals surface area contributed by atoms with Crippen molar-refractivity contribution >= 4 is 28.2 Å². The SMILES string of the molecule is CCCC(=O)c1cc(C)c(-c2cc3cnc(N)cc3n3ncnc23)cn1. The largest absolute Gasteiger partial charge is 0.384 e. The van der Waals surface area contributed by atoms with Gasteiger partial charge in [0.05, 0.1) is 5.52 Å². The Bertz CT molecular complexity index is 1150. The van der Waals surface area contributed by atoms with Crippen LogP contribution in [0.3, 0.4) is 0 Å². The van der Waals surface area contributed by atoms with Crippen LogP contribution in [0.5, 0.6) is 0 Å². The lowest BCUT2D eigenvalue weighted by Gasteiger charge is -2.11. The maximum atomic E-state index is 12.1. The monoisotopic (exact) mass is 346 g/mol. The zero-order valence-electron chi connectivity index (χ0n) is 14.6. The van der Waals surface area contributed by atoms with Gasteiger partial charge in [0.2, 0.25) is 0 Å². The highest BCUT2D eigenvalue weighted by atomic mass is 16.1. The van der Waals surface area contributed by atoms with Crippen LogP contribution in [0.25, 0.3) is 27.7 Å². The first kappa shape index (κ1) is 16.1. The summed E-state index contributed by atoms with van der Waals surface area (Å²) in [6, 6.07) is 5.62. The number of ketones is 1. The van der Waals surface area contributed by atoms with E-state index in [1.807, 2.05) is 26.0 Å². The molecule has 2 N–H and O–H groups in total. The lowest BCUT2D eigenvalue weighted by atomic mass is 10.0. The fourth-order valence-electron chi connectivity index (χ4n) is 3.13.